The highest BCUT2D eigenvalue weighted by Crippen LogP contribution is 2.64. The van der Waals surface area contributed by atoms with Gasteiger partial charge in [0.1, 0.15) is 11.6 Å². The molecule has 0 amide bonds. The molecule has 0 radical (unpaired) electrons. The zero-order chi connectivity index (χ0) is 18.6. The number of nitrogens with zero attached hydrogens (tertiary/aromatic N) is 1. The lowest BCUT2D eigenvalue weighted by atomic mass is 9.62. The van der Waals surface area contributed by atoms with E-state index in [1.54, 1.807) is 0 Å². The highest BCUT2D eigenvalue weighted by Gasteiger charge is 2.60. The summed E-state index contributed by atoms with van der Waals surface area (Å²) in [4.78, 5) is 18.2. The number of ketones is 1. The van der Waals surface area contributed by atoms with E-state index >= 15 is 0 Å². The van der Waals surface area contributed by atoms with Crippen molar-refractivity contribution in [3.05, 3.63) is 0 Å². The summed E-state index contributed by atoms with van der Waals surface area (Å²) >= 11 is 0. The first-order valence-corrected chi connectivity index (χ1v) is 10.1. The Balaban J connectivity index is 2.03. The number of Topliss-reactive ketones (excluding diaryl/α,β-unsaturated/α-hetero) is 1. The van der Waals surface area contributed by atoms with Gasteiger partial charge in [-0.05, 0) is 60.7 Å². The molecule has 2 N–H and O–H groups in total. The fourth-order valence-corrected chi connectivity index (χ4v) is 6.32. The van der Waals surface area contributed by atoms with Gasteiger partial charge in [-0.1, -0.05) is 41.5 Å². The minimum atomic E-state index is -0.657. The average Bonchev–Trinajstić information content (AvgIpc) is 2.99. The van der Waals surface area contributed by atoms with Gasteiger partial charge in [0.15, 0.2) is 0 Å². The van der Waals surface area contributed by atoms with Crippen molar-refractivity contribution in [2.75, 3.05) is 0 Å². The molecule has 0 aromatic heterocycles. The molecule has 3 fully saturated rings. The van der Waals surface area contributed by atoms with Crippen molar-refractivity contribution in [3.63, 3.8) is 0 Å². The topological polar surface area (TPSA) is 61.7 Å². The van der Waals surface area contributed by atoms with E-state index in [2.05, 4.69) is 47.0 Å². The molecule has 3 aliphatic carbocycles. The molecule has 0 aliphatic heterocycles. The summed E-state index contributed by atoms with van der Waals surface area (Å²) in [5.41, 5.74) is 2.07. The number of carbonyl (C=O) groups is 1. The monoisotopic (exact) mass is 348 g/mol. The van der Waals surface area contributed by atoms with Crippen LogP contribution in [0.3, 0.4) is 0 Å². The lowest BCUT2D eigenvalue weighted by Crippen LogP contribution is -2.53. The summed E-state index contributed by atoms with van der Waals surface area (Å²) in [6.45, 7) is 13.3. The van der Waals surface area contributed by atoms with E-state index in [-0.39, 0.29) is 28.6 Å². The highest BCUT2D eigenvalue weighted by molar-refractivity contribution is 6.09. The predicted molar refractivity (Wildman–Crippen MR) is 101 cm³/mol. The fraction of sp³-hybridized carbons (Fsp3) is 0.905. The summed E-state index contributed by atoms with van der Waals surface area (Å²) in [5.74, 6) is 2.03. The summed E-state index contributed by atoms with van der Waals surface area (Å²) in [7, 11) is 0. The van der Waals surface area contributed by atoms with Crippen molar-refractivity contribution >= 4 is 11.6 Å². The maximum absolute atomic E-state index is 13.1. The van der Waals surface area contributed by atoms with Crippen molar-refractivity contribution in [1.29, 1.82) is 0 Å². The lowest BCUT2D eigenvalue weighted by molar-refractivity contribution is -0.131. The maximum atomic E-state index is 13.1. The van der Waals surface area contributed by atoms with Crippen LogP contribution in [0.2, 0.25) is 0 Å². The Bertz CT molecular complexity index is 578. The van der Waals surface area contributed by atoms with Crippen LogP contribution in [0.1, 0.15) is 80.1 Å². The Morgan fingerprint density at radius 1 is 1.24 bits per heavy atom. The number of aliphatic imine (C=N–C) groups is 1. The molecular formula is C21H36N2O2. The van der Waals surface area contributed by atoms with Crippen molar-refractivity contribution in [2.45, 2.75) is 86.1 Å². The average molecular weight is 349 g/mol. The Labute approximate surface area is 152 Å². The molecule has 3 aliphatic rings. The number of amidine groups is 1. The number of rotatable bonds is 3. The maximum Gasteiger partial charge on any atom is 0.147 e. The number of hydrogen-bond acceptors (Lipinski definition) is 3. The van der Waals surface area contributed by atoms with Crippen molar-refractivity contribution < 1.29 is 10.0 Å². The molecule has 4 nitrogen and oxygen atoms in total. The molecule has 2 bridgehead atoms. The van der Waals surface area contributed by atoms with Gasteiger partial charge in [-0.3, -0.25) is 20.5 Å². The van der Waals surface area contributed by atoms with Gasteiger partial charge in [0.25, 0.3) is 0 Å². The van der Waals surface area contributed by atoms with Gasteiger partial charge in [-0.2, -0.15) is 0 Å². The first-order chi connectivity index (χ1) is 11.6. The quantitative estimate of drug-likeness (QED) is 0.445. The van der Waals surface area contributed by atoms with Gasteiger partial charge in [-0.25, -0.2) is 0 Å². The van der Waals surface area contributed by atoms with Gasteiger partial charge in [0.2, 0.25) is 0 Å². The second-order valence-electron chi connectivity index (χ2n) is 10.3. The number of hydroxylamine groups is 1. The minimum absolute atomic E-state index is 0.123. The number of carbonyl (C=O) groups excluding carboxylic acids is 1. The Morgan fingerprint density at radius 2 is 1.92 bits per heavy atom. The second-order valence-corrected chi connectivity index (χ2v) is 10.3. The summed E-state index contributed by atoms with van der Waals surface area (Å²) < 4.78 is 0. The SMILES string of the molecule is CC1CCC(C(=NC2C3(C)CCC(C3)C2(C)C)NO)(C(C)C)C(=O)C1. The molecular weight excluding hydrogens is 312 g/mol. The number of hydrogen-bond donors (Lipinski definition) is 2. The van der Waals surface area contributed by atoms with E-state index in [0.29, 0.717) is 24.1 Å². The van der Waals surface area contributed by atoms with Crippen LogP contribution in [0.25, 0.3) is 0 Å². The zero-order valence-corrected chi connectivity index (χ0v) is 16.9. The predicted octanol–water partition coefficient (Wildman–Crippen LogP) is 4.61. The van der Waals surface area contributed by atoms with Gasteiger partial charge in [0.05, 0.1) is 11.5 Å². The molecule has 5 atom stereocenters. The van der Waals surface area contributed by atoms with Crippen LogP contribution in [-0.4, -0.2) is 22.9 Å². The Hall–Kier alpha value is -0.900. The Kier molecular flexibility index (Phi) is 4.59. The second kappa shape index (κ2) is 6.07. The van der Waals surface area contributed by atoms with Crippen LogP contribution < -0.4 is 5.48 Å². The molecule has 0 aromatic rings. The molecule has 5 unspecified atom stereocenters. The van der Waals surface area contributed by atoms with Crippen molar-refractivity contribution in [2.24, 2.45) is 39.0 Å². The van der Waals surface area contributed by atoms with Crippen LogP contribution in [0.4, 0.5) is 0 Å². The van der Waals surface area contributed by atoms with Crippen LogP contribution in [0, 0.1) is 34.0 Å². The van der Waals surface area contributed by atoms with Crippen LogP contribution in [0.5, 0.6) is 0 Å². The van der Waals surface area contributed by atoms with Gasteiger partial charge >= 0.3 is 0 Å². The van der Waals surface area contributed by atoms with Gasteiger partial charge in [-0.15, -0.1) is 0 Å². The third-order valence-corrected chi connectivity index (χ3v) is 8.03. The molecule has 4 heteroatoms. The molecule has 142 valence electrons. The van der Waals surface area contributed by atoms with Crippen LogP contribution >= 0.6 is 0 Å². The molecule has 0 heterocycles. The van der Waals surface area contributed by atoms with E-state index in [4.69, 9.17) is 4.99 Å². The summed E-state index contributed by atoms with van der Waals surface area (Å²) in [5, 5.41) is 10.0. The first kappa shape index (κ1) is 18.9. The number of nitrogens with one attached hydrogen (secondary N) is 1. The molecule has 0 aromatic carbocycles. The minimum Gasteiger partial charge on any atom is -0.299 e. The molecule has 3 saturated carbocycles. The standard InChI is InChI=1S/C21H36N2O2/c1-13(2)21(10-7-14(3)11-16(21)24)18(23-25)22-17-19(4,5)15-8-9-20(17,6)12-15/h13-15,17,25H,7-12H2,1-6H3,(H,22,23). The van der Waals surface area contributed by atoms with Crippen molar-refractivity contribution in [1.82, 2.24) is 5.48 Å². The molecule has 3 rings (SSSR count). The van der Waals surface area contributed by atoms with Crippen molar-refractivity contribution in [3.8, 4) is 0 Å². The normalized spacial score (nSPS) is 43.8. The molecule has 25 heavy (non-hydrogen) atoms. The largest absolute Gasteiger partial charge is 0.299 e. The Morgan fingerprint density at radius 3 is 2.40 bits per heavy atom. The van der Waals surface area contributed by atoms with Gasteiger partial charge < -0.3 is 0 Å². The lowest BCUT2D eigenvalue weighted by Gasteiger charge is -2.44. The van der Waals surface area contributed by atoms with E-state index < -0.39 is 5.41 Å². The summed E-state index contributed by atoms with van der Waals surface area (Å²) in [6.07, 6.45) is 6.08. The third kappa shape index (κ3) is 2.67. The smallest absolute Gasteiger partial charge is 0.147 e. The van der Waals surface area contributed by atoms with E-state index in [1.165, 1.54) is 19.3 Å². The van der Waals surface area contributed by atoms with E-state index in [9.17, 15) is 10.0 Å². The third-order valence-electron chi connectivity index (χ3n) is 8.03. The summed E-state index contributed by atoms with van der Waals surface area (Å²) in [6, 6.07) is 0.163. The van der Waals surface area contributed by atoms with Crippen LogP contribution in [0.15, 0.2) is 4.99 Å². The van der Waals surface area contributed by atoms with E-state index in [0.717, 1.165) is 12.8 Å². The van der Waals surface area contributed by atoms with Gasteiger partial charge in [0, 0.05) is 6.42 Å². The first-order valence-electron chi connectivity index (χ1n) is 10.1. The fourth-order valence-electron chi connectivity index (χ4n) is 6.32. The van der Waals surface area contributed by atoms with E-state index in [1.807, 2.05) is 0 Å². The zero-order valence-electron chi connectivity index (χ0n) is 16.9. The van der Waals surface area contributed by atoms with Crippen LogP contribution in [-0.2, 0) is 4.79 Å². The molecule has 0 spiro atoms. The number of fused-ring (bicyclic) bond motifs is 2. The highest BCUT2D eigenvalue weighted by atomic mass is 16.5. The molecule has 0 saturated heterocycles.